The topological polar surface area (TPSA) is 87.2 Å². The molecular weight excluding hydrogens is 478 g/mol. The highest BCUT2D eigenvalue weighted by molar-refractivity contribution is 7.89. The zero-order valence-electron chi connectivity index (χ0n) is 21.4. The van der Waals surface area contributed by atoms with Crippen LogP contribution in [0.5, 0.6) is 5.75 Å². The lowest BCUT2D eigenvalue weighted by molar-refractivity contribution is -0.137. The lowest BCUT2D eigenvalue weighted by Gasteiger charge is -2.39. The number of nitrogens with zero attached hydrogens (tertiary/aromatic N) is 3. The number of hydrogen-bond acceptors (Lipinski definition) is 5. The van der Waals surface area contributed by atoms with Crippen LogP contribution in [0, 0.1) is 0 Å². The molecule has 2 aromatic rings. The number of rotatable bonds is 11. The van der Waals surface area contributed by atoms with Gasteiger partial charge in [0.15, 0.2) is 0 Å². The molecule has 0 N–H and O–H groups in total. The molecule has 2 aromatic carbocycles. The molecule has 0 atom stereocenters. The van der Waals surface area contributed by atoms with E-state index in [-0.39, 0.29) is 35.8 Å². The summed E-state index contributed by atoms with van der Waals surface area (Å²) >= 11 is 0. The molecule has 8 nitrogen and oxygen atoms in total. The minimum absolute atomic E-state index is 0.0802. The number of benzene rings is 2. The number of amides is 2. The molecule has 3 rings (SSSR count). The molecule has 1 heterocycles. The van der Waals surface area contributed by atoms with Crippen molar-refractivity contribution in [3.05, 3.63) is 60.2 Å². The van der Waals surface area contributed by atoms with Gasteiger partial charge >= 0.3 is 0 Å². The predicted molar refractivity (Wildman–Crippen MR) is 139 cm³/mol. The molecule has 0 radical (unpaired) electrons. The SMILES string of the molecule is CCCN(CC(=O)N(Cc1ccc(OC)cc1)C1CCN(C(=O)CC)CC1)S(=O)(=O)c1ccccc1. The van der Waals surface area contributed by atoms with Gasteiger partial charge in [0.2, 0.25) is 21.8 Å². The highest BCUT2D eigenvalue weighted by atomic mass is 32.2. The lowest BCUT2D eigenvalue weighted by Crippen LogP contribution is -2.51. The van der Waals surface area contributed by atoms with Crippen molar-refractivity contribution in [1.82, 2.24) is 14.1 Å². The van der Waals surface area contributed by atoms with Crippen LogP contribution in [0.25, 0.3) is 0 Å². The second-order valence-electron chi connectivity index (χ2n) is 8.99. The third-order valence-electron chi connectivity index (χ3n) is 6.56. The first-order valence-corrected chi connectivity index (χ1v) is 14.0. The molecule has 0 spiro atoms. The lowest BCUT2D eigenvalue weighted by atomic mass is 10.0. The molecule has 196 valence electrons. The normalized spacial score (nSPS) is 14.6. The number of sulfonamides is 1. The van der Waals surface area contributed by atoms with E-state index in [0.29, 0.717) is 45.3 Å². The molecule has 2 amide bonds. The van der Waals surface area contributed by atoms with Crippen molar-refractivity contribution >= 4 is 21.8 Å². The maximum absolute atomic E-state index is 13.7. The van der Waals surface area contributed by atoms with Crippen molar-refractivity contribution in [1.29, 1.82) is 0 Å². The molecule has 0 bridgehead atoms. The van der Waals surface area contributed by atoms with E-state index >= 15 is 0 Å². The van der Waals surface area contributed by atoms with Gasteiger partial charge < -0.3 is 14.5 Å². The summed E-state index contributed by atoms with van der Waals surface area (Å²) in [4.78, 5) is 29.7. The fraction of sp³-hybridized carbons (Fsp3) is 0.481. The summed E-state index contributed by atoms with van der Waals surface area (Å²) in [6, 6.07) is 15.7. The van der Waals surface area contributed by atoms with Crippen molar-refractivity contribution in [2.24, 2.45) is 0 Å². The number of likely N-dealkylation sites (tertiary alicyclic amines) is 1. The van der Waals surface area contributed by atoms with Crippen LogP contribution < -0.4 is 4.74 Å². The van der Waals surface area contributed by atoms with E-state index in [0.717, 1.165) is 11.3 Å². The molecule has 0 unspecified atom stereocenters. The summed E-state index contributed by atoms with van der Waals surface area (Å²) in [5, 5.41) is 0. The molecular formula is C27H37N3O5S. The Morgan fingerprint density at radius 3 is 2.19 bits per heavy atom. The van der Waals surface area contributed by atoms with Gasteiger partial charge in [0.1, 0.15) is 5.75 Å². The Labute approximate surface area is 214 Å². The van der Waals surface area contributed by atoms with Crippen LogP contribution in [-0.2, 0) is 26.2 Å². The molecule has 1 fully saturated rings. The van der Waals surface area contributed by atoms with E-state index in [4.69, 9.17) is 4.74 Å². The summed E-state index contributed by atoms with van der Waals surface area (Å²) in [6.45, 7) is 5.31. The van der Waals surface area contributed by atoms with Crippen molar-refractivity contribution in [2.75, 3.05) is 33.3 Å². The van der Waals surface area contributed by atoms with Gasteiger partial charge in [-0.15, -0.1) is 0 Å². The van der Waals surface area contributed by atoms with E-state index in [2.05, 4.69) is 0 Å². The molecule has 9 heteroatoms. The summed E-state index contributed by atoms with van der Waals surface area (Å²) < 4.78 is 33.2. The van der Waals surface area contributed by atoms with Gasteiger partial charge in [0.25, 0.3) is 0 Å². The summed E-state index contributed by atoms with van der Waals surface area (Å²) in [5.74, 6) is 0.606. The molecule has 0 saturated carbocycles. The van der Waals surface area contributed by atoms with Crippen LogP contribution in [0.3, 0.4) is 0 Å². The first-order valence-electron chi connectivity index (χ1n) is 12.6. The van der Waals surface area contributed by atoms with Crippen LogP contribution in [0.2, 0.25) is 0 Å². The van der Waals surface area contributed by atoms with E-state index in [9.17, 15) is 18.0 Å². The Balaban J connectivity index is 1.83. The van der Waals surface area contributed by atoms with Crippen molar-refractivity contribution in [3.63, 3.8) is 0 Å². The maximum Gasteiger partial charge on any atom is 0.243 e. The number of methoxy groups -OCH3 is 1. The fourth-order valence-corrected chi connectivity index (χ4v) is 6.02. The smallest absolute Gasteiger partial charge is 0.243 e. The standard InChI is InChI=1S/C27H37N3O5S/c1-4-17-29(36(33,34)25-9-7-6-8-10-25)21-27(32)30(20-22-11-13-24(35-3)14-12-22)23-15-18-28(19-16-23)26(31)5-2/h6-14,23H,4-5,15-21H2,1-3H3. The third kappa shape index (κ3) is 6.85. The van der Waals surface area contributed by atoms with Gasteiger partial charge in [-0.3, -0.25) is 9.59 Å². The van der Waals surface area contributed by atoms with Crippen molar-refractivity contribution in [3.8, 4) is 5.75 Å². The minimum Gasteiger partial charge on any atom is -0.497 e. The Bertz CT molecular complexity index is 1100. The quantitative estimate of drug-likeness (QED) is 0.457. The molecule has 1 saturated heterocycles. The first kappa shape index (κ1) is 27.7. The Morgan fingerprint density at radius 2 is 1.64 bits per heavy atom. The average molecular weight is 516 g/mol. The Morgan fingerprint density at radius 1 is 1.00 bits per heavy atom. The Hall–Kier alpha value is -2.91. The number of carbonyl (C=O) groups is 2. The summed E-state index contributed by atoms with van der Waals surface area (Å²) in [7, 11) is -2.21. The monoisotopic (exact) mass is 515 g/mol. The average Bonchev–Trinajstić information content (AvgIpc) is 2.91. The van der Waals surface area contributed by atoms with Crippen LogP contribution in [0.1, 0.15) is 45.1 Å². The van der Waals surface area contributed by atoms with Crippen LogP contribution >= 0.6 is 0 Å². The minimum atomic E-state index is -3.81. The van der Waals surface area contributed by atoms with Gasteiger partial charge in [-0.2, -0.15) is 4.31 Å². The molecule has 0 aromatic heterocycles. The Kier molecular flexibility index (Phi) is 9.89. The second-order valence-corrected chi connectivity index (χ2v) is 10.9. The van der Waals surface area contributed by atoms with Crippen molar-refractivity contribution in [2.45, 2.75) is 57.0 Å². The number of ether oxygens (including phenoxy) is 1. The van der Waals surface area contributed by atoms with Crippen LogP contribution in [0.15, 0.2) is 59.5 Å². The number of piperidine rings is 1. The predicted octanol–water partition coefficient (Wildman–Crippen LogP) is 3.53. The fourth-order valence-electron chi connectivity index (χ4n) is 4.52. The summed E-state index contributed by atoms with van der Waals surface area (Å²) in [6.07, 6.45) is 2.37. The van der Waals surface area contributed by atoms with Crippen molar-refractivity contribution < 1.29 is 22.7 Å². The van der Waals surface area contributed by atoms with Gasteiger partial charge in [-0.25, -0.2) is 8.42 Å². The van der Waals surface area contributed by atoms with Gasteiger partial charge in [-0.05, 0) is 49.1 Å². The maximum atomic E-state index is 13.7. The highest BCUT2D eigenvalue weighted by Gasteiger charge is 2.33. The molecule has 1 aliphatic heterocycles. The molecule has 1 aliphatic rings. The highest BCUT2D eigenvalue weighted by Crippen LogP contribution is 2.23. The molecule has 0 aliphatic carbocycles. The van der Waals surface area contributed by atoms with Crippen LogP contribution in [-0.4, -0.2) is 73.7 Å². The largest absolute Gasteiger partial charge is 0.497 e. The zero-order valence-corrected chi connectivity index (χ0v) is 22.2. The molecule has 36 heavy (non-hydrogen) atoms. The van der Waals surface area contributed by atoms with Gasteiger partial charge in [-0.1, -0.05) is 44.2 Å². The first-order chi connectivity index (χ1) is 17.3. The van der Waals surface area contributed by atoms with E-state index in [1.807, 2.05) is 43.0 Å². The van der Waals surface area contributed by atoms with Crippen LogP contribution in [0.4, 0.5) is 0 Å². The number of hydrogen-bond donors (Lipinski definition) is 0. The van der Waals surface area contributed by atoms with Gasteiger partial charge in [0, 0.05) is 38.6 Å². The van der Waals surface area contributed by atoms with Gasteiger partial charge in [0.05, 0.1) is 18.6 Å². The van der Waals surface area contributed by atoms with E-state index in [1.54, 1.807) is 42.3 Å². The summed E-state index contributed by atoms with van der Waals surface area (Å²) in [5.41, 5.74) is 0.934. The third-order valence-corrected chi connectivity index (χ3v) is 8.42. The van der Waals surface area contributed by atoms with E-state index in [1.165, 1.54) is 4.31 Å². The second kappa shape index (κ2) is 12.9. The number of carbonyl (C=O) groups excluding carboxylic acids is 2. The van der Waals surface area contributed by atoms with E-state index < -0.39 is 10.0 Å². The zero-order chi connectivity index (χ0) is 26.1.